The zero-order chi connectivity index (χ0) is 12.3. The van der Waals surface area contributed by atoms with Gasteiger partial charge < -0.3 is 5.73 Å². The maximum absolute atomic E-state index is 5.93. The lowest BCUT2D eigenvalue weighted by molar-refractivity contribution is 0.646. The third-order valence-electron chi connectivity index (χ3n) is 2.77. The highest BCUT2D eigenvalue weighted by molar-refractivity contribution is 9.10. The Morgan fingerprint density at radius 1 is 1.35 bits per heavy atom. The Morgan fingerprint density at radius 2 is 2.06 bits per heavy atom. The molecule has 0 saturated carbocycles. The molecule has 2 aromatic rings. The van der Waals surface area contributed by atoms with Gasteiger partial charge >= 0.3 is 0 Å². The Hall–Kier alpha value is -1.13. The van der Waals surface area contributed by atoms with Crippen LogP contribution in [0.15, 0.2) is 41.1 Å². The fourth-order valence-corrected chi connectivity index (χ4v) is 1.96. The van der Waals surface area contributed by atoms with Gasteiger partial charge in [0.05, 0.1) is 16.4 Å². The molecule has 1 heterocycles. The van der Waals surface area contributed by atoms with Gasteiger partial charge in [0.25, 0.3) is 0 Å². The number of halogens is 1. The molecule has 0 saturated heterocycles. The van der Waals surface area contributed by atoms with Crippen molar-refractivity contribution in [2.24, 2.45) is 5.73 Å². The van der Waals surface area contributed by atoms with E-state index in [2.05, 4.69) is 52.2 Å². The van der Waals surface area contributed by atoms with Gasteiger partial charge in [-0.3, -0.25) is 0 Å². The first-order valence-electron chi connectivity index (χ1n) is 5.74. The van der Waals surface area contributed by atoms with Crippen LogP contribution in [0.5, 0.6) is 0 Å². The number of nitrogens with zero attached hydrogens (tertiary/aromatic N) is 2. The summed E-state index contributed by atoms with van der Waals surface area (Å²) in [5.74, 6) is 0. The molecule has 0 bridgehead atoms. The van der Waals surface area contributed by atoms with Crippen LogP contribution in [-0.4, -0.2) is 15.8 Å². The number of hydrogen-bond acceptors (Lipinski definition) is 2. The molecule has 0 aliphatic rings. The van der Waals surface area contributed by atoms with Crippen LogP contribution in [0.4, 0.5) is 0 Å². The first-order valence-corrected chi connectivity index (χ1v) is 6.53. The Kier molecular flexibility index (Phi) is 3.97. The summed E-state index contributed by atoms with van der Waals surface area (Å²) in [5, 5.41) is 4.24. The van der Waals surface area contributed by atoms with Gasteiger partial charge in [0.15, 0.2) is 0 Å². The van der Waals surface area contributed by atoms with Crippen molar-refractivity contribution in [1.29, 1.82) is 0 Å². The average Bonchev–Trinajstić information content (AvgIpc) is 2.77. The van der Waals surface area contributed by atoms with Crippen LogP contribution in [0.3, 0.4) is 0 Å². The van der Waals surface area contributed by atoms with Crippen LogP contribution in [0.1, 0.15) is 18.9 Å². The summed E-state index contributed by atoms with van der Waals surface area (Å²) >= 11 is 3.39. The van der Waals surface area contributed by atoms with Crippen LogP contribution in [0.2, 0.25) is 0 Å². The minimum atomic E-state index is 0.250. The van der Waals surface area contributed by atoms with Gasteiger partial charge in [-0.15, -0.1) is 0 Å². The Balaban J connectivity index is 2.13. The van der Waals surface area contributed by atoms with Crippen molar-refractivity contribution in [3.63, 3.8) is 0 Å². The van der Waals surface area contributed by atoms with E-state index in [1.165, 1.54) is 5.56 Å². The molecule has 3 nitrogen and oxygen atoms in total. The van der Waals surface area contributed by atoms with E-state index >= 15 is 0 Å². The lowest BCUT2D eigenvalue weighted by atomic mass is 10.0. The van der Waals surface area contributed by atoms with Crippen molar-refractivity contribution >= 4 is 15.9 Å². The average molecular weight is 294 g/mol. The molecule has 0 spiro atoms. The lowest BCUT2D eigenvalue weighted by Gasteiger charge is -2.09. The Bertz CT molecular complexity index is 476. The van der Waals surface area contributed by atoms with Crippen molar-refractivity contribution in [2.75, 3.05) is 0 Å². The lowest BCUT2D eigenvalue weighted by Crippen LogP contribution is -2.21. The van der Waals surface area contributed by atoms with Gasteiger partial charge in [0.1, 0.15) is 0 Å². The maximum Gasteiger partial charge on any atom is 0.0646 e. The molecular weight excluding hydrogens is 278 g/mol. The van der Waals surface area contributed by atoms with E-state index in [1.54, 1.807) is 6.20 Å². The van der Waals surface area contributed by atoms with E-state index < -0.39 is 0 Å². The van der Waals surface area contributed by atoms with E-state index in [-0.39, 0.29) is 6.04 Å². The summed E-state index contributed by atoms with van der Waals surface area (Å²) in [6.45, 7) is 2.11. The molecule has 0 fully saturated rings. The third kappa shape index (κ3) is 3.17. The molecule has 0 amide bonds. The van der Waals surface area contributed by atoms with Crippen LogP contribution in [0, 0.1) is 0 Å². The number of nitrogens with two attached hydrogens (primary N) is 1. The highest BCUT2D eigenvalue weighted by Gasteiger charge is 2.02. The summed E-state index contributed by atoms with van der Waals surface area (Å²) in [4.78, 5) is 0. The number of rotatable bonds is 4. The first kappa shape index (κ1) is 12.3. The molecule has 0 aliphatic carbocycles. The van der Waals surface area contributed by atoms with E-state index in [9.17, 15) is 0 Å². The standard InChI is InChI=1S/C13H16BrN3/c1-2-12(15)7-10-3-5-13(6-4-10)17-9-11(14)8-16-17/h3-6,8-9,12H,2,7,15H2,1H3. The van der Waals surface area contributed by atoms with E-state index in [0.29, 0.717) is 0 Å². The van der Waals surface area contributed by atoms with Crippen molar-refractivity contribution < 1.29 is 0 Å². The Labute approximate surface area is 110 Å². The van der Waals surface area contributed by atoms with Crippen LogP contribution >= 0.6 is 15.9 Å². The van der Waals surface area contributed by atoms with Crippen molar-refractivity contribution in [3.05, 3.63) is 46.7 Å². The highest BCUT2D eigenvalue weighted by atomic mass is 79.9. The molecular formula is C13H16BrN3. The molecule has 0 radical (unpaired) electrons. The van der Waals surface area contributed by atoms with E-state index in [1.807, 2.05) is 10.9 Å². The predicted octanol–water partition coefficient (Wildman–Crippen LogP) is 2.91. The monoisotopic (exact) mass is 293 g/mol. The molecule has 2 rings (SSSR count). The molecule has 1 aromatic carbocycles. The fraction of sp³-hybridized carbons (Fsp3) is 0.308. The fourth-order valence-electron chi connectivity index (χ4n) is 1.67. The van der Waals surface area contributed by atoms with Crippen LogP contribution in [0.25, 0.3) is 5.69 Å². The van der Waals surface area contributed by atoms with Gasteiger partial charge in [-0.2, -0.15) is 5.10 Å². The van der Waals surface area contributed by atoms with Gasteiger partial charge in [0.2, 0.25) is 0 Å². The summed E-state index contributed by atoms with van der Waals surface area (Å²) in [6.07, 6.45) is 5.65. The molecule has 1 atom stereocenters. The van der Waals surface area contributed by atoms with Gasteiger partial charge in [0, 0.05) is 12.2 Å². The van der Waals surface area contributed by atoms with E-state index in [4.69, 9.17) is 5.73 Å². The number of hydrogen-bond donors (Lipinski definition) is 1. The second-order valence-electron chi connectivity index (χ2n) is 4.14. The topological polar surface area (TPSA) is 43.8 Å². The maximum atomic E-state index is 5.93. The second kappa shape index (κ2) is 5.47. The molecule has 0 aliphatic heterocycles. The predicted molar refractivity (Wildman–Crippen MR) is 73.2 cm³/mol. The summed E-state index contributed by atoms with van der Waals surface area (Å²) in [5.41, 5.74) is 8.27. The minimum absolute atomic E-state index is 0.250. The van der Waals surface area contributed by atoms with Gasteiger partial charge in [-0.25, -0.2) is 4.68 Å². The summed E-state index contributed by atoms with van der Waals surface area (Å²) < 4.78 is 2.82. The largest absolute Gasteiger partial charge is 0.327 e. The summed E-state index contributed by atoms with van der Waals surface area (Å²) in [7, 11) is 0. The molecule has 17 heavy (non-hydrogen) atoms. The van der Waals surface area contributed by atoms with E-state index in [0.717, 1.165) is 23.0 Å². The van der Waals surface area contributed by atoms with Crippen molar-refractivity contribution in [2.45, 2.75) is 25.8 Å². The smallest absolute Gasteiger partial charge is 0.0646 e. The highest BCUT2D eigenvalue weighted by Crippen LogP contribution is 2.14. The number of aromatic nitrogens is 2. The molecule has 1 aromatic heterocycles. The summed E-state index contributed by atoms with van der Waals surface area (Å²) in [6, 6.07) is 8.61. The van der Waals surface area contributed by atoms with Gasteiger partial charge in [-0.05, 0) is 46.5 Å². The van der Waals surface area contributed by atoms with Crippen LogP contribution < -0.4 is 5.73 Å². The molecule has 90 valence electrons. The van der Waals surface area contributed by atoms with Crippen molar-refractivity contribution in [3.8, 4) is 5.69 Å². The zero-order valence-corrected chi connectivity index (χ0v) is 11.4. The van der Waals surface area contributed by atoms with Gasteiger partial charge in [-0.1, -0.05) is 19.1 Å². The second-order valence-corrected chi connectivity index (χ2v) is 5.06. The first-order chi connectivity index (χ1) is 8.19. The minimum Gasteiger partial charge on any atom is -0.327 e. The van der Waals surface area contributed by atoms with Crippen LogP contribution in [-0.2, 0) is 6.42 Å². The SMILES string of the molecule is CCC(N)Cc1ccc(-n2cc(Br)cn2)cc1. The molecule has 4 heteroatoms. The third-order valence-corrected chi connectivity index (χ3v) is 3.18. The Morgan fingerprint density at radius 3 is 2.59 bits per heavy atom. The molecule has 2 N–H and O–H groups in total. The zero-order valence-electron chi connectivity index (χ0n) is 9.81. The normalized spacial score (nSPS) is 12.6. The number of benzene rings is 1. The quantitative estimate of drug-likeness (QED) is 0.942. The van der Waals surface area contributed by atoms with Crippen molar-refractivity contribution in [1.82, 2.24) is 9.78 Å². The molecule has 1 unspecified atom stereocenters.